The molecule has 0 unspecified atom stereocenters. The standard InChI is InChI=1S/C20H22N4O2S/c1-12(2)22-18(21)17-19(25)24-27-20(17)23-14-6-10-16(11-7-14)26-15-8-4-13(3)5-9-15/h4-12,23H,1-3H3,(H2,21,22)(H,24,25). The first-order valence-corrected chi connectivity index (χ1v) is 9.41. The molecule has 1 heterocycles. The van der Waals surface area contributed by atoms with E-state index in [9.17, 15) is 4.79 Å². The molecule has 0 amide bonds. The molecule has 0 saturated heterocycles. The number of ether oxygens (including phenoxy) is 1. The molecule has 3 aromatic rings. The van der Waals surface area contributed by atoms with Gasteiger partial charge in [-0.05, 0) is 68.7 Å². The molecule has 0 bridgehead atoms. The van der Waals surface area contributed by atoms with Crippen molar-refractivity contribution in [3.63, 3.8) is 0 Å². The lowest BCUT2D eigenvalue weighted by Gasteiger charge is -2.09. The zero-order chi connectivity index (χ0) is 19.4. The molecule has 140 valence electrons. The summed E-state index contributed by atoms with van der Waals surface area (Å²) in [6.45, 7) is 5.85. The molecule has 7 heteroatoms. The molecule has 0 fully saturated rings. The van der Waals surface area contributed by atoms with Gasteiger partial charge in [-0.3, -0.25) is 14.2 Å². The van der Waals surface area contributed by atoms with Crippen LogP contribution in [0.25, 0.3) is 0 Å². The van der Waals surface area contributed by atoms with Gasteiger partial charge in [0.2, 0.25) is 0 Å². The fraction of sp³-hybridized carbons (Fsp3) is 0.200. The fourth-order valence-electron chi connectivity index (χ4n) is 2.45. The molecule has 0 aliphatic rings. The Kier molecular flexibility index (Phi) is 5.61. The second kappa shape index (κ2) is 8.09. The maximum absolute atomic E-state index is 12.1. The molecule has 0 aliphatic carbocycles. The largest absolute Gasteiger partial charge is 0.457 e. The Balaban J connectivity index is 1.76. The number of amidine groups is 1. The Morgan fingerprint density at radius 3 is 2.30 bits per heavy atom. The lowest BCUT2D eigenvalue weighted by atomic mass is 10.2. The van der Waals surface area contributed by atoms with Crippen LogP contribution in [0.1, 0.15) is 25.0 Å². The van der Waals surface area contributed by atoms with Crippen molar-refractivity contribution in [3.05, 3.63) is 70.0 Å². The number of aromatic nitrogens is 1. The lowest BCUT2D eigenvalue weighted by Crippen LogP contribution is -2.23. The summed E-state index contributed by atoms with van der Waals surface area (Å²) in [6, 6.07) is 15.4. The van der Waals surface area contributed by atoms with E-state index in [1.54, 1.807) is 0 Å². The van der Waals surface area contributed by atoms with Crippen LogP contribution in [-0.2, 0) is 0 Å². The van der Waals surface area contributed by atoms with Crippen LogP contribution in [0.5, 0.6) is 11.5 Å². The first kappa shape index (κ1) is 18.7. The molecule has 6 nitrogen and oxygen atoms in total. The van der Waals surface area contributed by atoms with Crippen LogP contribution < -0.4 is 21.3 Å². The number of nitrogens with two attached hydrogens (primary N) is 1. The smallest absolute Gasteiger partial charge is 0.271 e. The van der Waals surface area contributed by atoms with Crippen molar-refractivity contribution >= 4 is 28.1 Å². The highest BCUT2D eigenvalue weighted by Gasteiger charge is 2.15. The molecule has 4 N–H and O–H groups in total. The Hall–Kier alpha value is -3.06. The summed E-state index contributed by atoms with van der Waals surface area (Å²) >= 11 is 1.19. The zero-order valence-electron chi connectivity index (χ0n) is 15.4. The van der Waals surface area contributed by atoms with Crippen LogP contribution in [-0.4, -0.2) is 16.3 Å². The Morgan fingerprint density at radius 2 is 1.70 bits per heavy atom. The van der Waals surface area contributed by atoms with Gasteiger partial charge in [-0.1, -0.05) is 17.7 Å². The number of rotatable bonds is 6. The van der Waals surface area contributed by atoms with Crippen molar-refractivity contribution in [2.24, 2.45) is 10.7 Å². The minimum atomic E-state index is -0.247. The van der Waals surface area contributed by atoms with Crippen molar-refractivity contribution < 1.29 is 4.74 Å². The number of hydrogen-bond donors (Lipinski definition) is 3. The summed E-state index contributed by atoms with van der Waals surface area (Å²) < 4.78 is 8.53. The first-order chi connectivity index (χ1) is 12.9. The number of aliphatic imine (C=N–C) groups is 1. The highest BCUT2D eigenvalue weighted by molar-refractivity contribution is 7.10. The van der Waals surface area contributed by atoms with Gasteiger partial charge >= 0.3 is 0 Å². The molecular weight excluding hydrogens is 360 g/mol. The monoisotopic (exact) mass is 382 g/mol. The van der Waals surface area contributed by atoms with Crippen molar-refractivity contribution in [2.75, 3.05) is 5.32 Å². The molecule has 0 saturated carbocycles. The number of anilines is 2. The number of benzene rings is 2. The van der Waals surface area contributed by atoms with E-state index in [0.29, 0.717) is 10.6 Å². The minimum absolute atomic E-state index is 0.00959. The molecule has 2 aromatic carbocycles. The Labute approximate surface area is 161 Å². The maximum atomic E-state index is 12.1. The molecule has 1 aromatic heterocycles. The molecule has 3 rings (SSSR count). The predicted molar refractivity (Wildman–Crippen MR) is 112 cm³/mol. The van der Waals surface area contributed by atoms with Gasteiger partial charge in [0.25, 0.3) is 5.56 Å². The summed E-state index contributed by atoms with van der Waals surface area (Å²) in [5, 5.41) is 3.85. The SMILES string of the molecule is Cc1ccc(Oc2ccc(Nc3s[nH]c(=O)c3C(N)=NC(C)C)cc2)cc1. The van der Waals surface area contributed by atoms with Gasteiger partial charge in [0.15, 0.2) is 0 Å². The third-order valence-corrected chi connectivity index (χ3v) is 4.52. The van der Waals surface area contributed by atoms with Crippen LogP contribution in [0, 0.1) is 6.92 Å². The highest BCUT2D eigenvalue weighted by atomic mass is 32.1. The van der Waals surface area contributed by atoms with Crippen molar-refractivity contribution in [3.8, 4) is 11.5 Å². The van der Waals surface area contributed by atoms with Crippen molar-refractivity contribution in [1.29, 1.82) is 0 Å². The number of nitrogens with one attached hydrogen (secondary N) is 2. The second-order valence-electron chi connectivity index (χ2n) is 6.41. The summed E-state index contributed by atoms with van der Waals surface area (Å²) in [6.07, 6.45) is 0. The second-order valence-corrected chi connectivity index (χ2v) is 7.23. The number of H-pyrrole nitrogens is 1. The predicted octanol–water partition coefficient (Wildman–Crippen LogP) is 4.39. The third kappa shape index (κ3) is 4.77. The number of aryl methyl sites for hydroxylation is 1. The summed E-state index contributed by atoms with van der Waals surface area (Å²) in [5.41, 5.74) is 8.12. The average Bonchev–Trinajstić information content (AvgIpc) is 2.98. The molecule has 0 aliphatic heterocycles. The van der Waals surface area contributed by atoms with Crippen LogP contribution in [0.15, 0.2) is 58.3 Å². The van der Waals surface area contributed by atoms with Crippen LogP contribution in [0.4, 0.5) is 10.7 Å². The molecule has 0 radical (unpaired) electrons. The Morgan fingerprint density at radius 1 is 1.11 bits per heavy atom. The number of nitrogens with zero attached hydrogens (tertiary/aromatic N) is 1. The van der Waals surface area contributed by atoms with E-state index in [0.717, 1.165) is 17.2 Å². The van der Waals surface area contributed by atoms with E-state index < -0.39 is 0 Å². The van der Waals surface area contributed by atoms with E-state index in [1.807, 2.05) is 69.3 Å². The summed E-state index contributed by atoms with van der Waals surface area (Å²) in [5.74, 6) is 1.74. The Bertz CT molecular complexity index is 986. The molecular formula is C20H22N4O2S. The first-order valence-electron chi connectivity index (χ1n) is 8.59. The number of aromatic amines is 1. The average molecular weight is 382 g/mol. The third-order valence-electron chi connectivity index (χ3n) is 3.72. The van der Waals surface area contributed by atoms with Gasteiger partial charge in [0, 0.05) is 11.7 Å². The van der Waals surface area contributed by atoms with Gasteiger partial charge in [-0.15, -0.1) is 0 Å². The van der Waals surface area contributed by atoms with Gasteiger partial charge in [-0.2, -0.15) is 0 Å². The minimum Gasteiger partial charge on any atom is -0.457 e. The van der Waals surface area contributed by atoms with E-state index in [1.165, 1.54) is 17.1 Å². The molecule has 0 atom stereocenters. The van der Waals surface area contributed by atoms with Crippen molar-refractivity contribution in [1.82, 2.24) is 4.37 Å². The van der Waals surface area contributed by atoms with Gasteiger partial charge in [0.05, 0.1) is 0 Å². The quantitative estimate of drug-likeness (QED) is 0.435. The molecule has 0 spiro atoms. The summed E-state index contributed by atoms with van der Waals surface area (Å²) in [7, 11) is 0. The van der Waals surface area contributed by atoms with Crippen molar-refractivity contribution in [2.45, 2.75) is 26.8 Å². The maximum Gasteiger partial charge on any atom is 0.271 e. The van der Waals surface area contributed by atoms with Gasteiger partial charge in [0.1, 0.15) is 27.9 Å². The van der Waals surface area contributed by atoms with E-state index in [-0.39, 0.29) is 17.4 Å². The van der Waals surface area contributed by atoms with E-state index in [2.05, 4.69) is 14.7 Å². The van der Waals surface area contributed by atoms with E-state index >= 15 is 0 Å². The van der Waals surface area contributed by atoms with Crippen LogP contribution >= 0.6 is 11.5 Å². The van der Waals surface area contributed by atoms with Crippen LogP contribution in [0.2, 0.25) is 0 Å². The lowest BCUT2D eigenvalue weighted by molar-refractivity contribution is 0.482. The van der Waals surface area contributed by atoms with Gasteiger partial charge in [-0.25, -0.2) is 0 Å². The zero-order valence-corrected chi connectivity index (χ0v) is 16.3. The normalized spacial score (nSPS) is 11.6. The van der Waals surface area contributed by atoms with Gasteiger partial charge < -0.3 is 15.8 Å². The fourth-order valence-corrected chi connectivity index (χ4v) is 3.21. The summed E-state index contributed by atoms with van der Waals surface area (Å²) in [4.78, 5) is 16.3. The highest BCUT2D eigenvalue weighted by Crippen LogP contribution is 2.26. The molecule has 27 heavy (non-hydrogen) atoms. The topological polar surface area (TPSA) is 92.5 Å². The number of hydrogen-bond acceptors (Lipinski definition) is 5. The van der Waals surface area contributed by atoms with Crippen LogP contribution in [0.3, 0.4) is 0 Å². The van der Waals surface area contributed by atoms with E-state index in [4.69, 9.17) is 10.5 Å².